The second-order valence-corrected chi connectivity index (χ2v) is 2.69. The molecule has 1 N–H and O–H groups in total. The second kappa shape index (κ2) is 119. The van der Waals surface area contributed by atoms with Gasteiger partial charge in [-0.25, -0.2) is 0 Å². The molecule has 0 aliphatic rings. The number of rotatable bonds is 2. The van der Waals surface area contributed by atoms with E-state index in [4.69, 9.17) is 23.3 Å². The summed E-state index contributed by atoms with van der Waals surface area (Å²) in [7, 11) is 1.93. The first-order valence-electron chi connectivity index (χ1n) is 3.17. The van der Waals surface area contributed by atoms with Crippen LogP contribution in [0.4, 0.5) is 0 Å². The zero-order chi connectivity index (χ0) is 15.7. The minimum atomic E-state index is 1.28. The molecule has 17 heavy (non-hydrogen) atoms. The van der Waals surface area contributed by atoms with Crippen LogP contribution in [0.15, 0.2) is 12.2 Å². The van der Waals surface area contributed by atoms with E-state index in [0.29, 0.717) is 0 Å². The van der Waals surface area contributed by atoms with Crippen molar-refractivity contribution in [3.05, 3.63) is 45.4 Å². The van der Waals surface area contributed by atoms with E-state index in [1.54, 1.807) is 0 Å². The van der Waals surface area contributed by atoms with Gasteiger partial charge in [-0.2, -0.15) is 0 Å². The molecule has 0 rings (SSSR count). The molecular weight excluding hydrogens is 398 g/mol. The summed E-state index contributed by atoms with van der Waals surface area (Å²) < 4.78 is 38.8. The summed E-state index contributed by atoms with van der Waals surface area (Å²) in [6.07, 6.45) is 4.09. The summed E-state index contributed by atoms with van der Waals surface area (Å²) in [5.41, 5.74) is 0. The van der Waals surface area contributed by atoms with Crippen molar-refractivity contribution in [2.75, 3.05) is 7.05 Å². The molecule has 0 atom stereocenters. The normalized spacial score (nSPS) is 4.71. The van der Waals surface area contributed by atoms with Crippen molar-refractivity contribution in [1.29, 1.82) is 0 Å². The van der Waals surface area contributed by atoms with Crippen LogP contribution < -0.4 is 5.32 Å². The predicted molar refractivity (Wildman–Crippen MR) is 48.5 cm³/mol. The first kappa shape index (κ1) is 36.0. The second-order valence-electron chi connectivity index (χ2n) is 1.11. The van der Waals surface area contributed by atoms with Crippen LogP contribution in [-0.4, -0.2) is 11.1 Å². The molecule has 0 fully saturated rings. The van der Waals surface area contributed by atoms with Gasteiger partial charge in [0, 0.05) is 0 Å². The van der Waals surface area contributed by atoms with Crippen molar-refractivity contribution in [3.63, 3.8) is 0 Å². The summed E-state index contributed by atoms with van der Waals surface area (Å²) in [6, 6.07) is 0. The number of hydrogen-bond acceptors (Lipinski definition) is 1. The van der Waals surface area contributed by atoms with Gasteiger partial charge >= 0.3 is 111 Å². The van der Waals surface area contributed by atoms with Crippen LogP contribution in [0.3, 0.4) is 0 Å². The molecule has 0 aliphatic heterocycles. The third-order valence-corrected chi connectivity index (χ3v) is 1.79. The molecule has 0 aromatic heterocycles. The molecule has 0 spiro atoms. The van der Waals surface area contributed by atoms with Gasteiger partial charge in [-0.05, 0) is 0 Å². The maximum atomic E-state index is 7.50. The number of likely N-dealkylation sites (N-methyl/N-ethyl adjacent to an activating group) is 1. The quantitative estimate of drug-likeness (QED) is 0.515. The molecule has 0 unspecified atom stereocenters. The third kappa shape index (κ3) is 160. The summed E-state index contributed by atoms with van der Waals surface area (Å²) >= 11 is 1.48. The molecule has 7 heteroatoms. The average molecular weight is 407 g/mol. The minimum absolute atomic E-state index is 1.28. The fraction of sp³-hybridized carbons (Fsp3) is 0.200. The van der Waals surface area contributed by atoms with Crippen LogP contribution in [0.1, 0.15) is 6.92 Å². The van der Waals surface area contributed by atoms with Gasteiger partial charge in [0.15, 0.2) is 0 Å². The summed E-state index contributed by atoms with van der Waals surface area (Å²) in [5.74, 6) is 0. The zero-order valence-corrected chi connectivity index (χ0v) is 12.0. The van der Waals surface area contributed by atoms with E-state index in [2.05, 4.69) is 44.6 Å². The summed E-state index contributed by atoms with van der Waals surface area (Å²) in [4.78, 5) is 0. The van der Waals surface area contributed by atoms with Crippen molar-refractivity contribution in [3.8, 4) is 0 Å². The summed E-state index contributed by atoms with van der Waals surface area (Å²) in [6.45, 7) is 24.5. The first-order valence-corrected chi connectivity index (χ1v) is 4.64. The van der Waals surface area contributed by atoms with Gasteiger partial charge in [0.1, 0.15) is 0 Å². The SMILES string of the molecule is C/C=C/[C](=[W])NC.[C-]#[O+].[C-]#[O+].[C-]#[O+].[C-]#[O+].[C-]#[O+]. The van der Waals surface area contributed by atoms with Crippen LogP contribution in [-0.2, 0) is 42.6 Å². The van der Waals surface area contributed by atoms with Crippen LogP contribution in [0, 0.1) is 33.3 Å². The average Bonchev–Trinajstić information content (AvgIpc) is 2.49. The number of allylic oxidation sites excluding steroid dienone is 1. The number of hydrogen-bond donors (Lipinski definition) is 1. The van der Waals surface area contributed by atoms with Gasteiger partial charge in [0.05, 0.1) is 0 Å². The van der Waals surface area contributed by atoms with Crippen LogP contribution in [0.5, 0.6) is 0 Å². The van der Waals surface area contributed by atoms with Crippen molar-refractivity contribution < 1.29 is 42.6 Å². The third-order valence-electron chi connectivity index (χ3n) is 0.564. The molecule has 0 radical (unpaired) electrons. The van der Waals surface area contributed by atoms with E-state index < -0.39 is 0 Å². The van der Waals surface area contributed by atoms with Crippen molar-refractivity contribution in [1.82, 2.24) is 5.32 Å². The monoisotopic (exact) mass is 407 g/mol. The Labute approximate surface area is 111 Å². The van der Waals surface area contributed by atoms with Gasteiger partial charge in [-0.3, -0.25) is 0 Å². The molecule has 0 saturated heterocycles. The Morgan fingerprint density at radius 1 is 0.882 bits per heavy atom. The van der Waals surface area contributed by atoms with Crippen LogP contribution in [0.25, 0.3) is 0 Å². The predicted octanol–water partition coefficient (Wildman–Crippen LogP) is 0.271. The van der Waals surface area contributed by atoms with Gasteiger partial charge < -0.3 is 0 Å². The molecule has 0 saturated carbocycles. The van der Waals surface area contributed by atoms with Gasteiger partial charge in [-0.15, -0.1) is 0 Å². The first-order chi connectivity index (χ1) is 8.31. The molecule has 0 heterocycles. The molecule has 0 amide bonds. The van der Waals surface area contributed by atoms with E-state index in [1.807, 2.05) is 20.0 Å². The molecule has 6 nitrogen and oxygen atoms in total. The van der Waals surface area contributed by atoms with E-state index in [1.165, 1.54) is 23.4 Å². The summed E-state index contributed by atoms with van der Waals surface area (Å²) in [5, 5.41) is 3.03. The number of nitrogens with one attached hydrogen (secondary N) is 1. The van der Waals surface area contributed by atoms with E-state index in [0.717, 1.165) is 0 Å². The molecule has 0 bridgehead atoms. The Kier molecular flexibility index (Phi) is 251. The molecule has 0 aliphatic carbocycles. The van der Waals surface area contributed by atoms with Crippen LogP contribution in [0.2, 0.25) is 0 Å². The van der Waals surface area contributed by atoms with E-state index in [9.17, 15) is 0 Å². The van der Waals surface area contributed by atoms with Crippen LogP contribution >= 0.6 is 0 Å². The van der Waals surface area contributed by atoms with E-state index in [-0.39, 0.29) is 0 Å². The Bertz CT molecular complexity index is 215. The van der Waals surface area contributed by atoms with Crippen molar-refractivity contribution >= 4 is 4.02 Å². The fourth-order valence-corrected chi connectivity index (χ4v) is 0.724. The van der Waals surface area contributed by atoms with Crippen molar-refractivity contribution in [2.24, 2.45) is 0 Å². The van der Waals surface area contributed by atoms with E-state index >= 15 is 0 Å². The maximum absolute atomic E-state index is 7.50. The zero-order valence-electron chi connectivity index (χ0n) is 9.10. The van der Waals surface area contributed by atoms with Crippen molar-refractivity contribution in [2.45, 2.75) is 6.92 Å². The Balaban J connectivity index is -0.0000000257. The standard InChI is InChI=1S/C5H9N.5CO.W/c1-3-4-5-6-2;5*1-2;/h3-4,6H,1-2H3;;;;;;/b4-3+;;;;;;. The Morgan fingerprint density at radius 3 is 1.18 bits per heavy atom. The van der Waals surface area contributed by atoms with Gasteiger partial charge in [0.2, 0.25) is 0 Å². The molecule has 0 aromatic rings. The molecular formula is C10H9NO5W. The Hall–Kier alpha value is -1.04. The Morgan fingerprint density at radius 2 is 1.12 bits per heavy atom. The van der Waals surface area contributed by atoms with Gasteiger partial charge in [0.25, 0.3) is 0 Å². The fourth-order valence-electron chi connectivity index (χ4n) is 0.235. The van der Waals surface area contributed by atoms with Gasteiger partial charge in [-0.1, -0.05) is 0 Å². The topological polar surface area (TPSA) is 112 Å². The molecule has 0 aromatic carbocycles. The molecule has 90 valence electrons.